The molecule has 1 aromatic heterocycles. The topological polar surface area (TPSA) is 34.2 Å². The van der Waals surface area contributed by atoms with Gasteiger partial charge < -0.3 is 14.3 Å². The summed E-state index contributed by atoms with van der Waals surface area (Å²) in [6, 6.07) is 6.07. The minimum absolute atomic E-state index is 0.411. The highest BCUT2D eigenvalue weighted by Gasteiger charge is 2.53. The lowest BCUT2D eigenvalue weighted by atomic mass is 9.86. The maximum Gasteiger partial charge on any atom is 0.525 e. The van der Waals surface area contributed by atoms with Crippen molar-refractivity contribution in [2.24, 2.45) is 0 Å². The van der Waals surface area contributed by atoms with Crippen LogP contribution >= 0.6 is 0 Å². The molecule has 0 unspecified atom stereocenters. The van der Waals surface area contributed by atoms with Gasteiger partial charge in [-0.3, -0.25) is 0 Å². The van der Waals surface area contributed by atoms with E-state index in [0.29, 0.717) is 0 Å². The Labute approximate surface area is 137 Å². The number of nitrogens with one attached hydrogen (secondary N) is 1. The van der Waals surface area contributed by atoms with E-state index in [1.54, 1.807) is 0 Å². The van der Waals surface area contributed by atoms with Gasteiger partial charge in [-0.15, -0.1) is 0 Å². The van der Waals surface area contributed by atoms with Crippen molar-refractivity contribution >= 4 is 24.1 Å². The Morgan fingerprint density at radius 3 is 2.48 bits per heavy atom. The van der Waals surface area contributed by atoms with Crippen LogP contribution in [0.3, 0.4) is 0 Å². The number of benzene rings is 1. The van der Waals surface area contributed by atoms with Crippen molar-refractivity contribution in [2.45, 2.75) is 52.2 Å². The van der Waals surface area contributed by atoms with Gasteiger partial charge in [0.15, 0.2) is 0 Å². The summed E-state index contributed by atoms with van der Waals surface area (Å²) in [4.78, 5) is 3.24. The Morgan fingerprint density at radius 2 is 1.87 bits per heavy atom. The Bertz CT molecular complexity index is 747. The molecular weight excluding hydrogens is 292 g/mol. The number of halogens is 1. The largest absolute Gasteiger partial charge is 0.525 e. The summed E-state index contributed by atoms with van der Waals surface area (Å²) in [5.41, 5.74) is 1.59. The standard InChI is InChI=1S/C18H23BFNO2/c1-6-12-8-7-9-14-13(11-21-16(12)14)10-15(20)19-22-17(2,3)18(4,5)23-19/h7-11,21H,6H2,1-5H3. The number of aromatic amines is 1. The van der Waals surface area contributed by atoms with Crippen LogP contribution in [-0.4, -0.2) is 23.3 Å². The predicted octanol–water partition coefficient (Wildman–Crippen LogP) is 4.67. The van der Waals surface area contributed by atoms with Crippen molar-refractivity contribution in [1.29, 1.82) is 0 Å². The van der Waals surface area contributed by atoms with E-state index in [2.05, 4.69) is 18.0 Å². The molecule has 5 heteroatoms. The van der Waals surface area contributed by atoms with Gasteiger partial charge in [0.2, 0.25) is 0 Å². The fourth-order valence-corrected chi connectivity index (χ4v) is 2.83. The summed E-state index contributed by atoms with van der Waals surface area (Å²) in [5.74, 6) is 0. The summed E-state index contributed by atoms with van der Waals surface area (Å²) in [6.07, 6.45) is 4.26. The highest BCUT2D eigenvalue weighted by atomic mass is 19.1. The zero-order valence-electron chi connectivity index (χ0n) is 14.4. The van der Waals surface area contributed by atoms with Gasteiger partial charge in [-0.25, -0.2) is 4.39 Å². The quantitative estimate of drug-likeness (QED) is 0.835. The summed E-state index contributed by atoms with van der Waals surface area (Å²) >= 11 is 0. The second-order valence-electron chi connectivity index (χ2n) is 7.05. The van der Waals surface area contributed by atoms with Crippen LogP contribution < -0.4 is 0 Å². The van der Waals surface area contributed by atoms with E-state index >= 15 is 0 Å². The van der Waals surface area contributed by atoms with Crippen LogP contribution in [0.4, 0.5) is 4.39 Å². The molecule has 0 amide bonds. The first-order chi connectivity index (χ1) is 10.7. The van der Waals surface area contributed by atoms with Crippen molar-refractivity contribution in [3.05, 3.63) is 41.2 Å². The second-order valence-corrected chi connectivity index (χ2v) is 7.05. The van der Waals surface area contributed by atoms with Crippen LogP contribution in [0.2, 0.25) is 0 Å². The fourth-order valence-electron chi connectivity index (χ4n) is 2.83. The maximum absolute atomic E-state index is 14.7. The molecule has 1 N–H and O–H groups in total. The van der Waals surface area contributed by atoms with Gasteiger partial charge >= 0.3 is 7.12 Å². The predicted molar refractivity (Wildman–Crippen MR) is 92.8 cm³/mol. The van der Waals surface area contributed by atoms with E-state index in [0.717, 1.165) is 22.9 Å². The molecule has 0 aliphatic carbocycles. The Kier molecular flexibility index (Phi) is 3.89. The molecule has 0 bridgehead atoms. The normalized spacial score (nSPS) is 20.4. The molecular formula is C18H23BFNO2. The molecule has 1 saturated heterocycles. The lowest BCUT2D eigenvalue weighted by Crippen LogP contribution is -2.41. The molecule has 2 aromatic rings. The van der Waals surface area contributed by atoms with E-state index < -0.39 is 24.0 Å². The van der Waals surface area contributed by atoms with Crippen molar-refractivity contribution < 1.29 is 13.7 Å². The molecule has 2 heterocycles. The number of para-hydroxylation sites is 1. The number of aromatic nitrogens is 1. The highest BCUT2D eigenvalue weighted by Crippen LogP contribution is 2.39. The number of hydrogen-bond donors (Lipinski definition) is 1. The van der Waals surface area contributed by atoms with Gasteiger partial charge in [0.25, 0.3) is 0 Å². The third kappa shape index (κ3) is 2.72. The Hall–Kier alpha value is -1.59. The first kappa shape index (κ1) is 16.3. The van der Waals surface area contributed by atoms with Crippen LogP contribution in [0.15, 0.2) is 30.1 Å². The molecule has 1 aliphatic rings. The number of fused-ring (bicyclic) bond motifs is 1. The van der Waals surface area contributed by atoms with Crippen molar-refractivity contribution in [2.75, 3.05) is 0 Å². The molecule has 3 nitrogen and oxygen atoms in total. The monoisotopic (exact) mass is 315 g/mol. The third-order valence-corrected chi connectivity index (χ3v) is 4.99. The minimum atomic E-state index is -0.959. The minimum Gasteiger partial charge on any atom is -0.398 e. The lowest BCUT2D eigenvalue weighted by molar-refractivity contribution is 0.00578. The molecule has 1 aromatic carbocycles. The smallest absolute Gasteiger partial charge is 0.398 e. The molecule has 3 rings (SSSR count). The van der Waals surface area contributed by atoms with Crippen molar-refractivity contribution in [3.8, 4) is 0 Å². The summed E-state index contributed by atoms with van der Waals surface area (Å²) in [7, 11) is -0.959. The van der Waals surface area contributed by atoms with Gasteiger partial charge in [0, 0.05) is 22.7 Å². The molecule has 0 radical (unpaired) electrons. The summed E-state index contributed by atoms with van der Waals surface area (Å²) in [6.45, 7) is 9.77. The molecule has 1 aliphatic heterocycles. The molecule has 122 valence electrons. The Morgan fingerprint density at radius 1 is 1.22 bits per heavy atom. The third-order valence-electron chi connectivity index (χ3n) is 4.99. The van der Waals surface area contributed by atoms with Gasteiger partial charge in [-0.1, -0.05) is 25.1 Å². The first-order valence-electron chi connectivity index (χ1n) is 8.07. The van der Waals surface area contributed by atoms with Gasteiger partial charge in [0.1, 0.15) is 5.73 Å². The number of H-pyrrole nitrogens is 1. The average molecular weight is 315 g/mol. The Balaban J connectivity index is 1.94. The van der Waals surface area contributed by atoms with Crippen LogP contribution in [0.5, 0.6) is 0 Å². The summed E-state index contributed by atoms with van der Waals surface area (Å²) in [5, 5.41) is 1.01. The van der Waals surface area contributed by atoms with E-state index in [9.17, 15) is 4.39 Å². The number of aryl methyl sites for hydroxylation is 1. The van der Waals surface area contributed by atoms with Gasteiger partial charge in [-0.05, 0) is 45.8 Å². The molecule has 0 atom stereocenters. The van der Waals surface area contributed by atoms with Gasteiger partial charge in [-0.2, -0.15) is 0 Å². The molecule has 0 saturated carbocycles. The summed E-state index contributed by atoms with van der Waals surface area (Å²) < 4.78 is 26.2. The first-order valence-corrected chi connectivity index (χ1v) is 8.07. The van der Waals surface area contributed by atoms with Crippen molar-refractivity contribution in [1.82, 2.24) is 4.98 Å². The van der Waals surface area contributed by atoms with E-state index in [1.165, 1.54) is 11.6 Å². The van der Waals surface area contributed by atoms with Gasteiger partial charge in [0.05, 0.1) is 11.2 Å². The van der Waals surface area contributed by atoms with Crippen molar-refractivity contribution in [3.63, 3.8) is 0 Å². The fraction of sp³-hybridized carbons (Fsp3) is 0.444. The van der Waals surface area contributed by atoms with E-state index in [-0.39, 0.29) is 0 Å². The number of rotatable bonds is 3. The van der Waals surface area contributed by atoms with E-state index in [1.807, 2.05) is 46.0 Å². The molecule has 0 spiro atoms. The highest BCUT2D eigenvalue weighted by molar-refractivity contribution is 6.54. The number of hydrogen-bond acceptors (Lipinski definition) is 2. The average Bonchev–Trinajstić information content (AvgIpc) is 2.98. The molecule has 1 fully saturated rings. The zero-order chi connectivity index (χ0) is 16.8. The van der Waals surface area contributed by atoms with Crippen LogP contribution in [0.1, 0.15) is 45.7 Å². The van der Waals surface area contributed by atoms with E-state index in [4.69, 9.17) is 9.31 Å². The second kappa shape index (κ2) is 5.50. The van der Waals surface area contributed by atoms with Crippen LogP contribution in [0, 0.1) is 0 Å². The maximum atomic E-state index is 14.7. The lowest BCUT2D eigenvalue weighted by Gasteiger charge is -2.32. The zero-order valence-corrected chi connectivity index (χ0v) is 14.4. The van der Waals surface area contributed by atoms with Crippen LogP contribution in [0.25, 0.3) is 17.0 Å². The van der Waals surface area contributed by atoms with Crippen LogP contribution in [-0.2, 0) is 15.7 Å². The molecule has 23 heavy (non-hydrogen) atoms. The SMILES string of the molecule is CCc1cccc2c(C=C(F)B3OC(C)(C)C(C)(C)O3)c[nH]c12.